The van der Waals surface area contributed by atoms with Crippen LogP contribution in [0.15, 0.2) is 29.0 Å². The number of rotatable bonds is 23. The fraction of sp³-hybridized carbons (Fsp3) is 0.629. The van der Waals surface area contributed by atoms with Crippen molar-refractivity contribution in [3.05, 3.63) is 45.6 Å². The maximum Gasteiger partial charge on any atom is 0.303 e. The average Bonchev–Trinajstić information content (AvgIpc) is 3.70. The second-order valence-corrected chi connectivity index (χ2v) is 14.3. The Labute approximate surface area is 256 Å². The molecule has 5 heteroatoms. The van der Waals surface area contributed by atoms with Crippen LogP contribution in [0.5, 0.6) is 0 Å². The van der Waals surface area contributed by atoms with E-state index in [1.165, 1.54) is 126 Å². The van der Waals surface area contributed by atoms with Crippen molar-refractivity contribution in [1.82, 2.24) is 0 Å². The number of aliphatic carboxylic acids is 1. The molecular formula is C35H52O2S3. The lowest BCUT2D eigenvalue weighted by molar-refractivity contribution is -0.137. The smallest absolute Gasteiger partial charge is 0.303 e. The summed E-state index contributed by atoms with van der Waals surface area (Å²) in [4.78, 5) is 16.6. The molecule has 0 fully saturated rings. The summed E-state index contributed by atoms with van der Waals surface area (Å²) in [5, 5.41) is 13.7. The summed E-state index contributed by atoms with van der Waals surface area (Å²) in [7, 11) is 0. The average molecular weight is 601 g/mol. The summed E-state index contributed by atoms with van der Waals surface area (Å²) in [6.07, 6.45) is 24.0. The first-order chi connectivity index (χ1) is 19.6. The number of carbonyl (C=O) groups is 1. The van der Waals surface area contributed by atoms with Crippen LogP contribution in [0.2, 0.25) is 0 Å². The molecule has 2 nitrogen and oxygen atoms in total. The number of unbranched alkanes of at least 4 members (excludes halogenated alkanes) is 13. The highest BCUT2D eigenvalue weighted by Gasteiger charge is 2.16. The van der Waals surface area contributed by atoms with E-state index in [0.29, 0.717) is 6.42 Å². The van der Waals surface area contributed by atoms with E-state index in [1.54, 1.807) is 0 Å². The molecule has 0 aliphatic heterocycles. The molecule has 0 unspecified atom stereocenters. The Morgan fingerprint density at radius 2 is 1.10 bits per heavy atom. The standard InChI is InChI=1S/C35H52O2S3/c1-3-5-7-9-11-15-19-28-23-31(38-26-28)32-25-30(21-17-13-14-18-22-34(36)37)35(40-32)33-24-29(27-39-33)20-16-12-10-8-6-4-2/h23-27H,3-22H2,1-2H3,(H,36,37). The molecule has 3 aromatic rings. The van der Waals surface area contributed by atoms with E-state index in [4.69, 9.17) is 5.11 Å². The van der Waals surface area contributed by atoms with Gasteiger partial charge in [0.25, 0.3) is 0 Å². The fourth-order valence-corrected chi connectivity index (χ4v) is 8.72. The van der Waals surface area contributed by atoms with Gasteiger partial charge in [0.2, 0.25) is 0 Å². The van der Waals surface area contributed by atoms with Crippen molar-refractivity contribution >= 4 is 40.0 Å². The number of aryl methyl sites for hydroxylation is 3. The van der Waals surface area contributed by atoms with Crippen molar-refractivity contribution in [2.45, 2.75) is 142 Å². The maximum absolute atomic E-state index is 10.8. The molecule has 0 saturated heterocycles. The van der Waals surface area contributed by atoms with Crippen LogP contribution in [0.4, 0.5) is 0 Å². The second kappa shape index (κ2) is 19.6. The first-order valence-corrected chi connectivity index (χ1v) is 18.7. The van der Waals surface area contributed by atoms with Crippen LogP contribution in [0, 0.1) is 0 Å². The highest BCUT2D eigenvalue weighted by atomic mass is 32.1. The minimum Gasteiger partial charge on any atom is -0.481 e. The van der Waals surface area contributed by atoms with Crippen molar-refractivity contribution < 1.29 is 9.90 Å². The first-order valence-electron chi connectivity index (χ1n) is 16.1. The van der Waals surface area contributed by atoms with Gasteiger partial charge < -0.3 is 5.11 Å². The lowest BCUT2D eigenvalue weighted by atomic mass is 10.0. The largest absolute Gasteiger partial charge is 0.481 e. The molecule has 0 aliphatic rings. The van der Waals surface area contributed by atoms with Gasteiger partial charge in [-0.3, -0.25) is 4.79 Å². The van der Waals surface area contributed by atoms with Gasteiger partial charge in [-0.05, 0) is 90.6 Å². The fourth-order valence-electron chi connectivity index (χ4n) is 5.37. The van der Waals surface area contributed by atoms with Gasteiger partial charge in [-0.2, -0.15) is 0 Å². The Morgan fingerprint density at radius 3 is 1.70 bits per heavy atom. The van der Waals surface area contributed by atoms with Crippen LogP contribution in [0.25, 0.3) is 19.5 Å². The van der Waals surface area contributed by atoms with Crippen molar-refractivity contribution in [2.75, 3.05) is 0 Å². The molecule has 3 heterocycles. The molecule has 0 saturated carbocycles. The molecule has 0 aromatic carbocycles. The molecule has 40 heavy (non-hydrogen) atoms. The van der Waals surface area contributed by atoms with Crippen LogP contribution in [0.1, 0.15) is 140 Å². The van der Waals surface area contributed by atoms with E-state index < -0.39 is 5.97 Å². The topological polar surface area (TPSA) is 37.3 Å². The van der Waals surface area contributed by atoms with E-state index in [0.717, 1.165) is 32.1 Å². The highest BCUT2D eigenvalue weighted by Crippen LogP contribution is 2.43. The third-order valence-electron chi connectivity index (χ3n) is 7.81. The van der Waals surface area contributed by atoms with Gasteiger partial charge in [0.05, 0.1) is 0 Å². The Bertz CT molecular complexity index is 1090. The number of hydrogen-bond acceptors (Lipinski definition) is 4. The zero-order chi connectivity index (χ0) is 28.4. The minimum absolute atomic E-state index is 0.296. The van der Waals surface area contributed by atoms with Gasteiger partial charge in [-0.25, -0.2) is 0 Å². The van der Waals surface area contributed by atoms with E-state index in [-0.39, 0.29) is 0 Å². The van der Waals surface area contributed by atoms with Crippen LogP contribution in [-0.2, 0) is 24.1 Å². The molecule has 3 rings (SSSR count). The van der Waals surface area contributed by atoms with Gasteiger partial charge in [0.15, 0.2) is 0 Å². The molecule has 0 bridgehead atoms. The molecule has 0 aliphatic carbocycles. The number of carboxylic acid groups (broad SMARTS) is 1. The molecule has 0 atom stereocenters. The van der Waals surface area contributed by atoms with Gasteiger partial charge >= 0.3 is 5.97 Å². The van der Waals surface area contributed by atoms with Crippen molar-refractivity contribution in [2.24, 2.45) is 0 Å². The number of carboxylic acids is 1. The van der Waals surface area contributed by atoms with Crippen LogP contribution < -0.4 is 0 Å². The van der Waals surface area contributed by atoms with Gasteiger partial charge in [0.1, 0.15) is 0 Å². The van der Waals surface area contributed by atoms with Crippen LogP contribution in [-0.4, -0.2) is 11.1 Å². The predicted octanol–water partition coefficient (Wildman–Crippen LogP) is 12.6. The molecule has 222 valence electrons. The highest BCUT2D eigenvalue weighted by molar-refractivity contribution is 7.26. The predicted molar refractivity (Wildman–Crippen MR) is 180 cm³/mol. The number of thiophene rings is 3. The Kier molecular flexibility index (Phi) is 16.2. The van der Waals surface area contributed by atoms with Crippen LogP contribution in [0.3, 0.4) is 0 Å². The normalized spacial score (nSPS) is 11.4. The lowest BCUT2D eigenvalue weighted by Crippen LogP contribution is -1.94. The second-order valence-electron chi connectivity index (χ2n) is 11.4. The van der Waals surface area contributed by atoms with Crippen LogP contribution >= 0.6 is 34.0 Å². The van der Waals surface area contributed by atoms with E-state index in [2.05, 4.69) is 42.8 Å². The Morgan fingerprint density at radius 1 is 0.600 bits per heavy atom. The Balaban J connectivity index is 1.62. The first kappa shape index (κ1) is 33.1. The van der Waals surface area contributed by atoms with Crippen molar-refractivity contribution in [1.29, 1.82) is 0 Å². The zero-order valence-electron chi connectivity index (χ0n) is 25.1. The molecule has 0 radical (unpaired) electrons. The summed E-state index contributed by atoms with van der Waals surface area (Å²) in [6, 6.07) is 7.37. The molecule has 3 aromatic heterocycles. The monoisotopic (exact) mass is 600 g/mol. The lowest BCUT2D eigenvalue weighted by Gasteiger charge is -2.03. The number of hydrogen-bond donors (Lipinski definition) is 1. The van der Waals surface area contributed by atoms with Gasteiger partial charge in [0, 0.05) is 25.9 Å². The van der Waals surface area contributed by atoms with Crippen molar-refractivity contribution in [3.63, 3.8) is 0 Å². The van der Waals surface area contributed by atoms with E-state index in [1.807, 2.05) is 34.0 Å². The molecule has 0 spiro atoms. The summed E-state index contributed by atoms with van der Waals surface area (Å²) < 4.78 is 0. The van der Waals surface area contributed by atoms with E-state index >= 15 is 0 Å². The Hall–Kier alpha value is -1.43. The quantitative estimate of drug-likeness (QED) is 0.110. The minimum atomic E-state index is -0.675. The van der Waals surface area contributed by atoms with Crippen molar-refractivity contribution in [3.8, 4) is 19.5 Å². The van der Waals surface area contributed by atoms with Gasteiger partial charge in [-0.15, -0.1) is 34.0 Å². The zero-order valence-corrected chi connectivity index (χ0v) is 27.6. The molecule has 0 amide bonds. The summed E-state index contributed by atoms with van der Waals surface area (Å²) in [6.45, 7) is 4.56. The summed E-state index contributed by atoms with van der Waals surface area (Å²) >= 11 is 5.82. The summed E-state index contributed by atoms with van der Waals surface area (Å²) in [5.74, 6) is -0.675. The maximum atomic E-state index is 10.8. The SMILES string of the molecule is CCCCCCCCc1csc(-c2cc(CCCCCCC(=O)O)c(-c3cc(CCCCCCCC)cs3)s2)c1. The summed E-state index contributed by atoms with van der Waals surface area (Å²) in [5.41, 5.74) is 4.49. The molecule has 1 N–H and O–H groups in total. The third kappa shape index (κ3) is 12.2. The van der Waals surface area contributed by atoms with Gasteiger partial charge in [-0.1, -0.05) is 90.9 Å². The molecular weight excluding hydrogens is 549 g/mol. The third-order valence-corrected chi connectivity index (χ3v) is 11.3. The van der Waals surface area contributed by atoms with E-state index in [9.17, 15) is 4.79 Å².